The molecule has 0 spiro atoms. The van der Waals surface area contributed by atoms with Gasteiger partial charge >= 0.3 is 5.97 Å². The molecule has 0 saturated heterocycles. The number of nitrogens with zero attached hydrogens (tertiary/aromatic N) is 2. The third kappa shape index (κ3) is 3.41. The lowest BCUT2D eigenvalue weighted by molar-refractivity contribution is 0.0701. The van der Waals surface area contributed by atoms with Crippen LogP contribution >= 0.6 is 11.3 Å². The van der Waals surface area contributed by atoms with E-state index < -0.39 is 5.97 Å². The number of carboxylic acids is 1. The van der Waals surface area contributed by atoms with Crippen molar-refractivity contribution in [3.8, 4) is 0 Å². The molecule has 18 heavy (non-hydrogen) atoms. The average molecular weight is 265 g/mol. The number of carbonyl (C=O) groups is 1. The van der Waals surface area contributed by atoms with Crippen molar-refractivity contribution in [3.05, 3.63) is 40.3 Å². The number of hydrogen-bond acceptors (Lipinski definition) is 4. The molecule has 5 nitrogen and oxygen atoms in total. The number of nitrogens with one attached hydrogen (secondary N) is 1. The molecule has 0 atom stereocenters. The van der Waals surface area contributed by atoms with Crippen LogP contribution < -0.4 is 5.32 Å². The molecule has 0 saturated carbocycles. The predicted octanol–water partition coefficient (Wildman–Crippen LogP) is 1.82. The maximum Gasteiger partial charge on any atom is 0.346 e. The second-order valence-corrected chi connectivity index (χ2v) is 4.80. The van der Waals surface area contributed by atoms with E-state index >= 15 is 0 Å². The molecule has 2 rings (SSSR count). The normalized spacial score (nSPS) is 10.7. The third-order valence-corrected chi connectivity index (χ3v) is 3.50. The molecule has 0 bridgehead atoms. The summed E-state index contributed by atoms with van der Waals surface area (Å²) in [5, 5.41) is 18.1. The Hall–Kier alpha value is -1.66. The lowest BCUT2D eigenvalue weighted by Crippen LogP contribution is -2.17. The maximum absolute atomic E-state index is 10.9. The summed E-state index contributed by atoms with van der Waals surface area (Å²) in [7, 11) is 0. The van der Waals surface area contributed by atoms with Crippen molar-refractivity contribution in [1.29, 1.82) is 0 Å². The Bertz CT molecular complexity index is 493. The summed E-state index contributed by atoms with van der Waals surface area (Å²) >= 11 is 1.27. The highest BCUT2D eigenvalue weighted by molar-refractivity contribution is 7.12. The molecule has 6 heteroatoms. The summed E-state index contributed by atoms with van der Waals surface area (Å²) in [6, 6.07) is 3.76. The molecule has 0 radical (unpaired) electrons. The van der Waals surface area contributed by atoms with Gasteiger partial charge in [-0.05, 0) is 36.0 Å². The Kier molecular flexibility index (Phi) is 4.49. The van der Waals surface area contributed by atoms with E-state index in [0.717, 1.165) is 25.1 Å². The highest BCUT2D eigenvalue weighted by Crippen LogP contribution is 2.16. The lowest BCUT2D eigenvalue weighted by Gasteiger charge is -2.04. The van der Waals surface area contributed by atoms with Crippen LogP contribution in [0.2, 0.25) is 0 Å². The van der Waals surface area contributed by atoms with Crippen LogP contribution in [0.4, 0.5) is 0 Å². The van der Waals surface area contributed by atoms with Gasteiger partial charge in [0.15, 0.2) is 0 Å². The van der Waals surface area contributed by atoms with Gasteiger partial charge in [0.25, 0.3) is 0 Å². The second-order valence-electron chi connectivity index (χ2n) is 3.88. The molecule has 2 aromatic heterocycles. The van der Waals surface area contributed by atoms with Crippen molar-refractivity contribution >= 4 is 17.3 Å². The first kappa shape index (κ1) is 12.8. The molecule has 0 aliphatic carbocycles. The zero-order valence-corrected chi connectivity index (χ0v) is 10.7. The first-order valence-corrected chi connectivity index (χ1v) is 6.63. The van der Waals surface area contributed by atoms with Gasteiger partial charge in [-0.25, -0.2) is 4.79 Å². The fraction of sp³-hybridized carbons (Fsp3) is 0.333. The molecule has 0 unspecified atom stereocenters. The maximum atomic E-state index is 10.9. The monoisotopic (exact) mass is 265 g/mol. The largest absolute Gasteiger partial charge is 0.477 e. The summed E-state index contributed by atoms with van der Waals surface area (Å²) in [6.45, 7) is 2.31. The quantitative estimate of drug-likeness (QED) is 0.749. The van der Waals surface area contributed by atoms with Gasteiger partial charge in [0.05, 0.1) is 0 Å². The van der Waals surface area contributed by atoms with E-state index in [1.54, 1.807) is 6.20 Å². The van der Waals surface area contributed by atoms with E-state index in [-0.39, 0.29) is 0 Å². The summed E-state index contributed by atoms with van der Waals surface area (Å²) in [5.41, 5.74) is 0.853. The van der Waals surface area contributed by atoms with Crippen LogP contribution in [0.3, 0.4) is 0 Å². The number of aromatic nitrogens is 2. The van der Waals surface area contributed by atoms with Gasteiger partial charge in [-0.15, -0.1) is 11.3 Å². The SMILES string of the molecule is O=C(O)c1sccc1CNCCCn1cccn1. The second kappa shape index (κ2) is 6.32. The lowest BCUT2D eigenvalue weighted by atomic mass is 10.2. The summed E-state index contributed by atoms with van der Waals surface area (Å²) in [4.78, 5) is 11.3. The van der Waals surface area contributed by atoms with Crippen molar-refractivity contribution < 1.29 is 9.90 Å². The van der Waals surface area contributed by atoms with Crippen molar-refractivity contribution in [2.24, 2.45) is 0 Å². The van der Waals surface area contributed by atoms with Crippen molar-refractivity contribution in [3.63, 3.8) is 0 Å². The van der Waals surface area contributed by atoms with Crippen molar-refractivity contribution in [2.75, 3.05) is 6.54 Å². The zero-order valence-electron chi connectivity index (χ0n) is 9.87. The number of carboxylic acid groups (broad SMARTS) is 1. The van der Waals surface area contributed by atoms with Crippen LogP contribution in [0, 0.1) is 0 Å². The number of thiophene rings is 1. The van der Waals surface area contributed by atoms with Crippen LogP contribution in [-0.2, 0) is 13.1 Å². The smallest absolute Gasteiger partial charge is 0.346 e. The Labute approximate surface area is 109 Å². The minimum atomic E-state index is -0.849. The van der Waals surface area contributed by atoms with Crippen LogP contribution in [0.25, 0.3) is 0 Å². The van der Waals surface area contributed by atoms with E-state index in [0.29, 0.717) is 11.4 Å². The highest BCUT2D eigenvalue weighted by atomic mass is 32.1. The Balaban J connectivity index is 1.69. The van der Waals surface area contributed by atoms with Crippen molar-refractivity contribution in [2.45, 2.75) is 19.5 Å². The fourth-order valence-electron chi connectivity index (χ4n) is 1.68. The zero-order chi connectivity index (χ0) is 12.8. The third-order valence-electron chi connectivity index (χ3n) is 2.56. The molecule has 2 N–H and O–H groups in total. The molecule has 96 valence electrons. The molecule has 0 aliphatic heterocycles. The fourth-order valence-corrected chi connectivity index (χ4v) is 2.45. The van der Waals surface area contributed by atoms with Crippen LogP contribution in [0.5, 0.6) is 0 Å². The molecular weight excluding hydrogens is 250 g/mol. The predicted molar refractivity (Wildman–Crippen MR) is 69.8 cm³/mol. The Morgan fingerprint density at radius 1 is 1.56 bits per heavy atom. The summed E-state index contributed by atoms with van der Waals surface area (Å²) in [6.07, 6.45) is 4.66. The van der Waals surface area contributed by atoms with Gasteiger partial charge in [-0.3, -0.25) is 4.68 Å². The minimum Gasteiger partial charge on any atom is -0.477 e. The van der Waals surface area contributed by atoms with E-state index in [1.165, 1.54) is 11.3 Å². The summed E-state index contributed by atoms with van der Waals surface area (Å²) < 4.78 is 1.88. The minimum absolute atomic E-state index is 0.426. The average Bonchev–Trinajstić information content (AvgIpc) is 2.98. The molecule has 0 aromatic carbocycles. The first-order chi connectivity index (χ1) is 8.77. The summed E-state index contributed by atoms with van der Waals surface area (Å²) in [5.74, 6) is -0.849. The van der Waals surface area contributed by atoms with Gasteiger partial charge < -0.3 is 10.4 Å². The van der Waals surface area contributed by atoms with E-state index in [1.807, 2.05) is 28.4 Å². The molecule has 0 fully saturated rings. The van der Waals surface area contributed by atoms with E-state index in [4.69, 9.17) is 5.11 Å². The van der Waals surface area contributed by atoms with Crippen LogP contribution in [-0.4, -0.2) is 27.4 Å². The van der Waals surface area contributed by atoms with Gasteiger partial charge in [-0.2, -0.15) is 5.10 Å². The first-order valence-electron chi connectivity index (χ1n) is 5.75. The highest BCUT2D eigenvalue weighted by Gasteiger charge is 2.10. The Morgan fingerprint density at radius 2 is 2.44 bits per heavy atom. The van der Waals surface area contributed by atoms with Crippen LogP contribution in [0.15, 0.2) is 29.9 Å². The van der Waals surface area contributed by atoms with Gasteiger partial charge in [0.1, 0.15) is 4.88 Å². The molecule has 0 amide bonds. The van der Waals surface area contributed by atoms with Gasteiger partial charge in [0.2, 0.25) is 0 Å². The Morgan fingerprint density at radius 3 is 3.17 bits per heavy atom. The molecular formula is C12H15N3O2S. The number of rotatable bonds is 7. The number of hydrogen-bond donors (Lipinski definition) is 2. The standard InChI is InChI=1S/C12H15N3O2S/c16-12(17)11-10(3-8-18-11)9-13-4-1-6-15-7-2-5-14-15/h2-3,5,7-8,13H,1,4,6,9H2,(H,16,17). The number of aryl methyl sites for hydroxylation is 1. The number of aromatic carboxylic acids is 1. The van der Waals surface area contributed by atoms with Crippen molar-refractivity contribution in [1.82, 2.24) is 15.1 Å². The van der Waals surface area contributed by atoms with E-state index in [2.05, 4.69) is 10.4 Å². The molecule has 2 aromatic rings. The topological polar surface area (TPSA) is 67.2 Å². The van der Waals surface area contributed by atoms with Crippen LogP contribution in [0.1, 0.15) is 21.7 Å². The molecule has 2 heterocycles. The molecule has 0 aliphatic rings. The van der Waals surface area contributed by atoms with Gasteiger partial charge in [-0.1, -0.05) is 0 Å². The van der Waals surface area contributed by atoms with E-state index in [9.17, 15) is 4.79 Å². The van der Waals surface area contributed by atoms with Gasteiger partial charge in [0, 0.05) is 25.5 Å².